The quantitative estimate of drug-likeness (QED) is 0.707. The lowest BCUT2D eigenvalue weighted by molar-refractivity contribution is -0.121. The van der Waals surface area contributed by atoms with Crippen LogP contribution in [0.4, 0.5) is 0 Å². The third-order valence-electron chi connectivity index (χ3n) is 1.94. The zero-order chi connectivity index (χ0) is 9.68. The average molecular weight is 178 g/mol. The van der Waals surface area contributed by atoms with Crippen LogP contribution in [-0.2, 0) is 4.79 Å². The van der Waals surface area contributed by atoms with E-state index in [-0.39, 0.29) is 11.7 Å². The number of carbonyl (C=O) groups excluding carboxylic acids is 1. The molecule has 2 heteroatoms. The number of para-hydroxylation sites is 1. The molecule has 70 valence electrons. The topological polar surface area (TPSA) is 26.3 Å². The first kappa shape index (κ1) is 9.78. The highest BCUT2D eigenvalue weighted by Gasteiger charge is 2.07. The molecule has 0 bridgehead atoms. The van der Waals surface area contributed by atoms with Crippen LogP contribution in [0.2, 0.25) is 0 Å². The van der Waals surface area contributed by atoms with Crippen molar-refractivity contribution in [3.05, 3.63) is 30.3 Å². The predicted octanol–water partition coefficient (Wildman–Crippen LogP) is 2.29. The molecule has 0 heterocycles. The normalized spacial score (nSPS) is 12.2. The smallest absolute Gasteiger partial charge is 0.136 e. The molecule has 0 saturated carbocycles. The van der Waals surface area contributed by atoms with Crippen LogP contribution >= 0.6 is 0 Å². The molecule has 1 rings (SSSR count). The molecule has 0 aliphatic rings. The number of ether oxygens (including phenoxy) is 1. The minimum atomic E-state index is -0.0276. The minimum Gasteiger partial charge on any atom is -0.493 e. The number of carbonyl (C=O) groups is 1. The average Bonchev–Trinajstić information content (AvgIpc) is 2.15. The van der Waals surface area contributed by atoms with E-state index in [2.05, 4.69) is 0 Å². The van der Waals surface area contributed by atoms with Gasteiger partial charge < -0.3 is 4.74 Å². The number of ketones is 1. The summed E-state index contributed by atoms with van der Waals surface area (Å²) in [5, 5.41) is 0. The van der Waals surface area contributed by atoms with Crippen molar-refractivity contribution in [3.8, 4) is 5.75 Å². The zero-order valence-corrected chi connectivity index (χ0v) is 7.99. The van der Waals surface area contributed by atoms with Gasteiger partial charge in [-0.2, -0.15) is 0 Å². The van der Waals surface area contributed by atoms with Gasteiger partial charge in [0.05, 0.1) is 6.61 Å². The molecule has 0 amide bonds. The molecule has 1 unspecified atom stereocenters. The van der Waals surface area contributed by atoms with Crippen molar-refractivity contribution in [1.29, 1.82) is 0 Å². The van der Waals surface area contributed by atoms with E-state index in [4.69, 9.17) is 4.74 Å². The molecule has 0 aliphatic carbocycles. The van der Waals surface area contributed by atoms with Crippen molar-refractivity contribution in [2.24, 2.45) is 5.92 Å². The van der Waals surface area contributed by atoms with Crippen LogP contribution in [0.15, 0.2) is 30.3 Å². The Morgan fingerprint density at radius 3 is 2.54 bits per heavy atom. The van der Waals surface area contributed by atoms with E-state index in [9.17, 15) is 4.79 Å². The lowest BCUT2D eigenvalue weighted by Gasteiger charge is -2.09. The van der Waals surface area contributed by atoms with Crippen molar-refractivity contribution >= 4 is 5.78 Å². The van der Waals surface area contributed by atoms with Crippen LogP contribution in [0.25, 0.3) is 0 Å². The standard InChI is InChI=1S/C11H14O2/c1-9(10(2)12)8-13-11-6-4-3-5-7-11/h3-7,9H,8H2,1-2H3. The van der Waals surface area contributed by atoms with Crippen molar-refractivity contribution in [2.75, 3.05) is 6.61 Å². The molecule has 1 aromatic rings. The van der Waals surface area contributed by atoms with E-state index < -0.39 is 0 Å². The van der Waals surface area contributed by atoms with Gasteiger partial charge >= 0.3 is 0 Å². The first-order valence-electron chi connectivity index (χ1n) is 4.38. The molecule has 13 heavy (non-hydrogen) atoms. The van der Waals surface area contributed by atoms with Crippen molar-refractivity contribution in [1.82, 2.24) is 0 Å². The molecule has 0 aromatic heterocycles. The van der Waals surface area contributed by atoms with Gasteiger partial charge in [0.1, 0.15) is 11.5 Å². The summed E-state index contributed by atoms with van der Waals surface area (Å²) in [5.41, 5.74) is 0. The minimum absolute atomic E-state index is 0.0276. The molecule has 0 N–H and O–H groups in total. The van der Waals surface area contributed by atoms with Gasteiger partial charge in [-0.25, -0.2) is 0 Å². The molecule has 0 radical (unpaired) electrons. The summed E-state index contributed by atoms with van der Waals surface area (Å²) in [7, 11) is 0. The SMILES string of the molecule is CC(=O)C(C)COc1ccccc1. The Morgan fingerprint density at radius 1 is 1.38 bits per heavy atom. The fraction of sp³-hybridized carbons (Fsp3) is 0.364. The van der Waals surface area contributed by atoms with Gasteiger partial charge in [0.2, 0.25) is 0 Å². The number of rotatable bonds is 4. The second-order valence-electron chi connectivity index (χ2n) is 3.14. The summed E-state index contributed by atoms with van der Waals surface area (Å²) in [6.45, 7) is 3.91. The Kier molecular flexibility index (Phi) is 3.50. The summed E-state index contributed by atoms with van der Waals surface area (Å²) < 4.78 is 5.41. The molecule has 1 atom stereocenters. The zero-order valence-electron chi connectivity index (χ0n) is 7.99. The molecule has 2 nitrogen and oxygen atoms in total. The highest BCUT2D eigenvalue weighted by atomic mass is 16.5. The molecule has 0 aliphatic heterocycles. The molecule has 0 spiro atoms. The van der Waals surface area contributed by atoms with Gasteiger partial charge in [-0.1, -0.05) is 25.1 Å². The van der Waals surface area contributed by atoms with Gasteiger partial charge in [0, 0.05) is 5.92 Å². The summed E-state index contributed by atoms with van der Waals surface area (Å²) in [5.74, 6) is 0.951. The highest BCUT2D eigenvalue weighted by molar-refractivity contribution is 5.77. The number of Topliss-reactive ketones (excluding diaryl/α,β-unsaturated/α-hetero) is 1. The van der Waals surface area contributed by atoms with Crippen LogP contribution in [0.5, 0.6) is 5.75 Å². The van der Waals surface area contributed by atoms with E-state index >= 15 is 0 Å². The summed E-state index contributed by atoms with van der Waals surface area (Å²) in [6.07, 6.45) is 0. The molecule has 1 aromatic carbocycles. The third-order valence-corrected chi connectivity index (χ3v) is 1.94. The molecular formula is C11H14O2. The number of hydrogen-bond donors (Lipinski definition) is 0. The predicted molar refractivity (Wildman–Crippen MR) is 51.8 cm³/mol. The lowest BCUT2D eigenvalue weighted by Crippen LogP contribution is -2.15. The Hall–Kier alpha value is -1.31. The summed E-state index contributed by atoms with van der Waals surface area (Å²) in [4.78, 5) is 10.9. The maximum Gasteiger partial charge on any atom is 0.136 e. The second kappa shape index (κ2) is 4.65. The van der Waals surface area contributed by atoms with E-state index in [1.54, 1.807) is 6.92 Å². The van der Waals surface area contributed by atoms with Crippen LogP contribution in [0.1, 0.15) is 13.8 Å². The fourth-order valence-corrected chi connectivity index (χ4v) is 0.855. The van der Waals surface area contributed by atoms with E-state index in [1.165, 1.54) is 0 Å². The van der Waals surface area contributed by atoms with Gasteiger partial charge in [0.15, 0.2) is 0 Å². The van der Waals surface area contributed by atoms with Crippen LogP contribution in [0, 0.1) is 5.92 Å². The summed E-state index contributed by atoms with van der Waals surface area (Å²) >= 11 is 0. The maximum atomic E-state index is 10.9. The van der Waals surface area contributed by atoms with E-state index in [0.29, 0.717) is 6.61 Å². The maximum absolute atomic E-state index is 10.9. The summed E-state index contributed by atoms with van der Waals surface area (Å²) in [6, 6.07) is 9.52. The molecular weight excluding hydrogens is 164 g/mol. The number of benzene rings is 1. The van der Waals surface area contributed by atoms with E-state index in [1.807, 2.05) is 37.3 Å². The molecule has 0 fully saturated rings. The van der Waals surface area contributed by atoms with Gasteiger partial charge in [-0.3, -0.25) is 4.79 Å². The van der Waals surface area contributed by atoms with Gasteiger partial charge in [-0.15, -0.1) is 0 Å². The Balaban J connectivity index is 2.39. The van der Waals surface area contributed by atoms with Crippen molar-refractivity contribution in [2.45, 2.75) is 13.8 Å². The van der Waals surface area contributed by atoms with Crippen LogP contribution in [0.3, 0.4) is 0 Å². The fourth-order valence-electron chi connectivity index (χ4n) is 0.855. The third kappa shape index (κ3) is 3.28. The Morgan fingerprint density at radius 2 is 2.00 bits per heavy atom. The lowest BCUT2D eigenvalue weighted by atomic mass is 10.1. The van der Waals surface area contributed by atoms with Gasteiger partial charge in [-0.05, 0) is 19.1 Å². The second-order valence-corrected chi connectivity index (χ2v) is 3.14. The Labute approximate surface area is 78.5 Å². The highest BCUT2D eigenvalue weighted by Crippen LogP contribution is 2.09. The van der Waals surface area contributed by atoms with Crippen molar-refractivity contribution in [3.63, 3.8) is 0 Å². The first-order valence-corrected chi connectivity index (χ1v) is 4.38. The van der Waals surface area contributed by atoms with Crippen LogP contribution < -0.4 is 4.74 Å². The number of hydrogen-bond acceptors (Lipinski definition) is 2. The largest absolute Gasteiger partial charge is 0.493 e. The van der Waals surface area contributed by atoms with Gasteiger partial charge in [0.25, 0.3) is 0 Å². The van der Waals surface area contributed by atoms with Crippen molar-refractivity contribution < 1.29 is 9.53 Å². The monoisotopic (exact) mass is 178 g/mol. The van der Waals surface area contributed by atoms with Crippen LogP contribution in [-0.4, -0.2) is 12.4 Å². The van der Waals surface area contributed by atoms with E-state index in [0.717, 1.165) is 5.75 Å². The molecule has 0 saturated heterocycles. The first-order chi connectivity index (χ1) is 6.20. The Bertz CT molecular complexity index is 267.